The van der Waals surface area contributed by atoms with Gasteiger partial charge in [0.1, 0.15) is 10.4 Å². The summed E-state index contributed by atoms with van der Waals surface area (Å²) in [5.74, 6) is 1.14. The molecule has 2 heterocycles. The van der Waals surface area contributed by atoms with Gasteiger partial charge in [0.2, 0.25) is 0 Å². The van der Waals surface area contributed by atoms with E-state index in [4.69, 9.17) is 0 Å². The molecule has 4 heteroatoms. The summed E-state index contributed by atoms with van der Waals surface area (Å²) in [6.07, 6.45) is 5.11. The lowest BCUT2D eigenvalue weighted by Crippen LogP contribution is -2.37. The molecule has 0 saturated heterocycles. The van der Waals surface area contributed by atoms with Gasteiger partial charge in [0.05, 0.1) is 5.69 Å². The summed E-state index contributed by atoms with van der Waals surface area (Å²) in [5, 5.41) is 3.71. The van der Waals surface area contributed by atoms with Crippen molar-refractivity contribution in [3.8, 4) is 0 Å². The lowest BCUT2D eigenvalue weighted by atomic mass is 10.0. The fraction of sp³-hybridized carbons (Fsp3) is 0.727. The summed E-state index contributed by atoms with van der Waals surface area (Å²) in [6, 6.07) is 1.47. The third kappa shape index (κ3) is 1.85. The Morgan fingerprint density at radius 2 is 2.13 bits per heavy atom. The molecule has 0 radical (unpaired) electrons. The molecule has 15 heavy (non-hydrogen) atoms. The highest BCUT2D eigenvalue weighted by Crippen LogP contribution is 2.27. The van der Waals surface area contributed by atoms with Gasteiger partial charge in [-0.3, -0.25) is 0 Å². The number of hydrogen-bond donors (Lipinski definition) is 1. The summed E-state index contributed by atoms with van der Waals surface area (Å²) in [7, 11) is 0. The minimum atomic E-state index is 0.664. The minimum absolute atomic E-state index is 0.664. The Bertz CT molecular complexity index is 381. The van der Waals surface area contributed by atoms with Gasteiger partial charge in [0, 0.05) is 25.0 Å². The van der Waals surface area contributed by atoms with Gasteiger partial charge >= 0.3 is 0 Å². The molecule has 1 fully saturated rings. The second-order valence-electron chi connectivity index (χ2n) is 4.68. The van der Waals surface area contributed by atoms with Crippen LogP contribution in [-0.2, 0) is 13.0 Å². The van der Waals surface area contributed by atoms with E-state index >= 15 is 0 Å². The van der Waals surface area contributed by atoms with Crippen LogP contribution in [0.1, 0.15) is 30.8 Å². The molecule has 1 aliphatic heterocycles. The van der Waals surface area contributed by atoms with Crippen LogP contribution in [0.2, 0.25) is 0 Å². The summed E-state index contributed by atoms with van der Waals surface area (Å²) < 4.78 is 3.39. The first-order chi connectivity index (χ1) is 7.24. The number of halogens is 1. The fourth-order valence-corrected chi connectivity index (χ4v) is 3.04. The number of fused-ring (bicyclic) bond motifs is 1. The number of imidazole rings is 1. The molecule has 0 amide bonds. The normalized spacial score (nSPS) is 25.3. The third-order valence-corrected chi connectivity index (χ3v) is 4.04. The molecule has 0 aromatic carbocycles. The van der Waals surface area contributed by atoms with Crippen molar-refractivity contribution in [2.45, 2.75) is 51.2 Å². The summed E-state index contributed by atoms with van der Waals surface area (Å²) in [5.41, 5.74) is 1.37. The van der Waals surface area contributed by atoms with E-state index in [1.54, 1.807) is 0 Å². The number of rotatable bonds is 2. The molecule has 1 unspecified atom stereocenters. The maximum absolute atomic E-state index is 4.47. The molecule has 3 rings (SSSR count). The van der Waals surface area contributed by atoms with E-state index in [1.165, 1.54) is 25.0 Å². The smallest absolute Gasteiger partial charge is 0.127 e. The van der Waals surface area contributed by atoms with E-state index in [2.05, 4.69) is 37.7 Å². The second-order valence-corrected chi connectivity index (χ2v) is 5.43. The number of aromatic nitrogens is 2. The topological polar surface area (TPSA) is 29.9 Å². The molecule has 1 aromatic rings. The van der Waals surface area contributed by atoms with Crippen molar-refractivity contribution in [2.24, 2.45) is 0 Å². The zero-order chi connectivity index (χ0) is 10.4. The maximum atomic E-state index is 4.47. The highest BCUT2D eigenvalue weighted by atomic mass is 79.9. The monoisotopic (exact) mass is 269 g/mol. The van der Waals surface area contributed by atoms with E-state index < -0.39 is 0 Å². The Morgan fingerprint density at radius 1 is 1.33 bits per heavy atom. The van der Waals surface area contributed by atoms with Crippen LogP contribution in [-0.4, -0.2) is 21.6 Å². The first-order valence-corrected chi connectivity index (χ1v) is 6.51. The van der Waals surface area contributed by atoms with Crippen molar-refractivity contribution in [3.63, 3.8) is 0 Å². The van der Waals surface area contributed by atoms with Crippen molar-refractivity contribution in [1.82, 2.24) is 14.9 Å². The third-order valence-electron chi connectivity index (χ3n) is 3.40. The average Bonchev–Trinajstić information content (AvgIpc) is 2.96. The van der Waals surface area contributed by atoms with Crippen LogP contribution in [0.3, 0.4) is 0 Å². The molecule has 1 atom stereocenters. The van der Waals surface area contributed by atoms with Gasteiger partial charge in [-0.2, -0.15) is 0 Å². The van der Waals surface area contributed by atoms with Crippen LogP contribution in [0.4, 0.5) is 0 Å². The maximum Gasteiger partial charge on any atom is 0.127 e. The standard InChI is InChI=1S/C11H16BrN3/c1-7-13-11(12)10-6-9(4-5-15(7)10)14-8-2-3-8/h8-9,14H,2-6H2,1H3. The quantitative estimate of drug-likeness (QED) is 0.891. The Labute approximate surface area is 98.4 Å². The Balaban J connectivity index is 1.79. The first-order valence-electron chi connectivity index (χ1n) is 5.71. The van der Waals surface area contributed by atoms with Gasteiger partial charge in [0.15, 0.2) is 0 Å². The number of hydrogen-bond acceptors (Lipinski definition) is 2. The first kappa shape index (κ1) is 9.85. The molecule has 1 saturated carbocycles. The molecule has 1 aliphatic carbocycles. The van der Waals surface area contributed by atoms with Crippen molar-refractivity contribution < 1.29 is 0 Å². The van der Waals surface area contributed by atoms with Crippen LogP contribution in [0.15, 0.2) is 4.60 Å². The molecule has 2 aliphatic rings. The van der Waals surface area contributed by atoms with E-state index in [0.717, 1.165) is 29.4 Å². The van der Waals surface area contributed by atoms with Crippen LogP contribution in [0.5, 0.6) is 0 Å². The Kier molecular flexibility index (Phi) is 2.36. The van der Waals surface area contributed by atoms with Gasteiger partial charge < -0.3 is 9.88 Å². The minimum Gasteiger partial charge on any atom is -0.331 e. The van der Waals surface area contributed by atoms with Crippen molar-refractivity contribution in [1.29, 1.82) is 0 Å². The highest BCUT2D eigenvalue weighted by Gasteiger charge is 2.28. The lowest BCUT2D eigenvalue weighted by Gasteiger charge is -2.25. The van der Waals surface area contributed by atoms with Gasteiger partial charge in [-0.05, 0) is 42.1 Å². The zero-order valence-electron chi connectivity index (χ0n) is 8.96. The number of nitrogens with zero attached hydrogens (tertiary/aromatic N) is 2. The Morgan fingerprint density at radius 3 is 2.87 bits per heavy atom. The fourth-order valence-electron chi connectivity index (χ4n) is 2.41. The van der Waals surface area contributed by atoms with Gasteiger partial charge in [-0.25, -0.2) is 4.98 Å². The van der Waals surface area contributed by atoms with Gasteiger partial charge in [-0.1, -0.05) is 0 Å². The number of nitrogens with one attached hydrogen (secondary N) is 1. The summed E-state index contributed by atoms with van der Waals surface area (Å²) in [4.78, 5) is 4.47. The van der Waals surface area contributed by atoms with E-state index in [-0.39, 0.29) is 0 Å². The predicted octanol–water partition coefficient (Wildman–Crippen LogP) is 2.02. The van der Waals surface area contributed by atoms with Crippen molar-refractivity contribution >= 4 is 15.9 Å². The van der Waals surface area contributed by atoms with Crippen LogP contribution in [0, 0.1) is 6.92 Å². The molecule has 82 valence electrons. The molecule has 3 nitrogen and oxygen atoms in total. The van der Waals surface area contributed by atoms with Crippen LogP contribution >= 0.6 is 15.9 Å². The summed E-state index contributed by atoms with van der Waals surface area (Å²) >= 11 is 3.55. The molecule has 0 spiro atoms. The van der Waals surface area contributed by atoms with E-state index in [0.29, 0.717) is 6.04 Å². The average molecular weight is 270 g/mol. The molecule has 0 bridgehead atoms. The number of aryl methyl sites for hydroxylation is 1. The van der Waals surface area contributed by atoms with E-state index in [9.17, 15) is 0 Å². The SMILES string of the molecule is Cc1nc(Br)c2n1CCC(NC1CC1)C2. The zero-order valence-corrected chi connectivity index (χ0v) is 10.5. The van der Waals surface area contributed by atoms with Crippen LogP contribution in [0.25, 0.3) is 0 Å². The predicted molar refractivity (Wildman–Crippen MR) is 62.9 cm³/mol. The van der Waals surface area contributed by atoms with Crippen molar-refractivity contribution in [2.75, 3.05) is 0 Å². The van der Waals surface area contributed by atoms with Crippen molar-refractivity contribution in [3.05, 3.63) is 16.1 Å². The molecular formula is C11H16BrN3. The highest BCUT2D eigenvalue weighted by molar-refractivity contribution is 9.10. The van der Waals surface area contributed by atoms with Gasteiger partial charge in [-0.15, -0.1) is 0 Å². The molecule has 1 N–H and O–H groups in total. The van der Waals surface area contributed by atoms with E-state index in [1.807, 2.05) is 0 Å². The largest absolute Gasteiger partial charge is 0.331 e. The lowest BCUT2D eigenvalue weighted by molar-refractivity contribution is 0.393. The van der Waals surface area contributed by atoms with Crippen LogP contribution < -0.4 is 5.32 Å². The summed E-state index contributed by atoms with van der Waals surface area (Å²) in [6.45, 7) is 3.20. The molecule has 1 aromatic heterocycles. The second kappa shape index (κ2) is 3.59. The van der Waals surface area contributed by atoms with Gasteiger partial charge in [0.25, 0.3) is 0 Å². The molecular weight excluding hydrogens is 254 g/mol. The Hall–Kier alpha value is -0.350.